The number of carbonyl (C=O) groups is 3. The average molecular weight is 282 g/mol. The average Bonchev–Trinajstić information content (AvgIpc) is 2.91. The van der Waals surface area contributed by atoms with Crippen molar-refractivity contribution < 1.29 is 19.5 Å². The molecule has 0 spiro atoms. The summed E-state index contributed by atoms with van der Waals surface area (Å²) in [7, 11) is 0. The number of aliphatic carboxylic acids is 1. The summed E-state index contributed by atoms with van der Waals surface area (Å²) in [6, 6.07) is -0.0182. The Morgan fingerprint density at radius 3 is 2.40 bits per heavy atom. The number of carbonyl (C=O) groups excluding carboxylic acids is 2. The minimum atomic E-state index is -0.899. The third kappa shape index (κ3) is 2.64. The summed E-state index contributed by atoms with van der Waals surface area (Å²) in [4.78, 5) is 36.4. The Morgan fingerprint density at radius 1 is 1.25 bits per heavy atom. The molecular formula is C14H22N2O4. The van der Waals surface area contributed by atoms with Gasteiger partial charge in [0.15, 0.2) is 0 Å². The lowest BCUT2D eigenvalue weighted by atomic mass is 10.0. The highest BCUT2D eigenvalue weighted by atomic mass is 16.4. The van der Waals surface area contributed by atoms with Gasteiger partial charge in [-0.2, -0.15) is 0 Å². The second kappa shape index (κ2) is 5.07. The molecule has 2 amide bonds. The molecule has 0 bridgehead atoms. The normalized spacial score (nSPS) is 31.6. The summed E-state index contributed by atoms with van der Waals surface area (Å²) in [6.07, 6.45) is 1.70. The van der Waals surface area contributed by atoms with Gasteiger partial charge < -0.3 is 15.3 Å². The molecular weight excluding hydrogens is 260 g/mol. The van der Waals surface area contributed by atoms with Gasteiger partial charge in [0.05, 0.1) is 11.8 Å². The van der Waals surface area contributed by atoms with Crippen molar-refractivity contribution in [2.45, 2.75) is 39.7 Å². The zero-order valence-electron chi connectivity index (χ0n) is 12.2. The van der Waals surface area contributed by atoms with Crippen LogP contribution in [0.4, 0.5) is 0 Å². The molecule has 0 aromatic rings. The zero-order valence-corrected chi connectivity index (χ0v) is 12.2. The first kappa shape index (κ1) is 14.8. The van der Waals surface area contributed by atoms with Crippen molar-refractivity contribution in [3.8, 4) is 0 Å². The third-order valence-corrected chi connectivity index (χ3v) is 4.50. The highest BCUT2D eigenvalue weighted by Gasteiger charge is 2.66. The summed E-state index contributed by atoms with van der Waals surface area (Å²) >= 11 is 0. The Hall–Kier alpha value is -1.59. The van der Waals surface area contributed by atoms with Gasteiger partial charge in [0.2, 0.25) is 11.8 Å². The van der Waals surface area contributed by atoms with E-state index < -0.39 is 23.2 Å². The van der Waals surface area contributed by atoms with Crippen LogP contribution in [0.1, 0.15) is 33.6 Å². The maximum Gasteiger partial charge on any atom is 0.307 e. The Balaban J connectivity index is 2.00. The van der Waals surface area contributed by atoms with Gasteiger partial charge in [-0.1, -0.05) is 13.8 Å². The zero-order chi connectivity index (χ0) is 15.1. The molecule has 6 heteroatoms. The van der Waals surface area contributed by atoms with Gasteiger partial charge in [-0.25, -0.2) is 0 Å². The molecule has 1 saturated heterocycles. The van der Waals surface area contributed by atoms with Gasteiger partial charge in [-0.3, -0.25) is 14.4 Å². The van der Waals surface area contributed by atoms with Crippen molar-refractivity contribution in [2.75, 3.05) is 13.1 Å². The Morgan fingerprint density at radius 2 is 1.90 bits per heavy atom. The van der Waals surface area contributed by atoms with Crippen LogP contribution < -0.4 is 5.32 Å². The molecule has 2 N–H and O–H groups in total. The van der Waals surface area contributed by atoms with Crippen molar-refractivity contribution in [3.05, 3.63) is 0 Å². The van der Waals surface area contributed by atoms with Crippen LogP contribution in [0.5, 0.6) is 0 Å². The van der Waals surface area contributed by atoms with E-state index in [1.807, 2.05) is 13.8 Å². The molecule has 0 radical (unpaired) electrons. The summed E-state index contributed by atoms with van der Waals surface area (Å²) in [5, 5.41) is 12.0. The first-order valence-corrected chi connectivity index (χ1v) is 7.04. The Bertz CT molecular complexity index is 446. The molecule has 112 valence electrons. The lowest BCUT2D eigenvalue weighted by Crippen LogP contribution is -2.50. The number of hydrogen-bond donors (Lipinski definition) is 2. The monoisotopic (exact) mass is 282 g/mol. The molecule has 1 heterocycles. The first-order chi connectivity index (χ1) is 9.25. The van der Waals surface area contributed by atoms with E-state index in [0.29, 0.717) is 13.1 Å². The van der Waals surface area contributed by atoms with Crippen molar-refractivity contribution >= 4 is 17.8 Å². The summed E-state index contributed by atoms with van der Waals surface area (Å²) in [5.74, 6) is -2.10. The van der Waals surface area contributed by atoms with Crippen LogP contribution in [-0.2, 0) is 14.4 Å². The van der Waals surface area contributed by atoms with Gasteiger partial charge in [0.1, 0.15) is 0 Å². The van der Waals surface area contributed by atoms with E-state index in [4.69, 9.17) is 5.11 Å². The predicted molar refractivity (Wildman–Crippen MR) is 71.8 cm³/mol. The summed E-state index contributed by atoms with van der Waals surface area (Å²) in [6.45, 7) is 6.24. The topological polar surface area (TPSA) is 86.7 Å². The highest BCUT2D eigenvalue weighted by Crippen LogP contribution is 2.59. The number of nitrogens with one attached hydrogen (secondary N) is 1. The minimum Gasteiger partial charge on any atom is -0.481 e. The SMILES string of the molecule is CC(=O)NC1CCCN(C(=O)[C@H]2[C@@H](C(=O)O)C2(C)C)C1. The molecule has 20 heavy (non-hydrogen) atoms. The second-order valence-electron chi connectivity index (χ2n) is 6.44. The molecule has 0 aromatic carbocycles. The minimum absolute atomic E-state index is 0.0182. The van der Waals surface area contributed by atoms with Gasteiger partial charge >= 0.3 is 5.97 Å². The van der Waals surface area contributed by atoms with Crippen LogP contribution in [0.25, 0.3) is 0 Å². The molecule has 2 rings (SSSR count). The van der Waals surface area contributed by atoms with Crippen LogP contribution in [0.3, 0.4) is 0 Å². The molecule has 0 aromatic heterocycles. The van der Waals surface area contributed by atoms with Crippen LogP contribution in [-0.4, -0.2) is 46.9 Å². The molecule has 1 aliphatic heterocycles. The maximum atomic E-state index is 12.5. The number of piperidine rings is 1. The first-order valence-electron chi connectivity index (χ1n) is 7.04. The van der Waals surface area contributed by atoms with Crippen molar-refractivity contribution in [3.63, 3.8) is 0 Å². The fourth-order valence-electron chi connectivity index (χ4n) is 3.34. The Labute approximate surface area is 118 Å². The van der Waals surface area contributed by atoms with Crippen LogP contribution in [0.2, 0.25) is 0 Å². The summed E-state index contributed by atoms with van der Waals surface area (Å²) < 4.78 is 0. The number of likely N-dealkylation sites (tertiary alicyclic amines) is 1. The molecule has 6 nitrogen and oxygen atoms in total. The van der Waals surface area contributed by atoms with Gasteiger partial charge in [0, 0.05) is 26.1 Å². The third-order valence-electron chi connectivity index (χ3n) is 4.50. The van der Waals surface area contributed by atoms with E-state index in [1.54, 1.807) is 4.90 Å². The number of nitrogens with zero attached hydrogens (tertiary/aromatic N) is 1. The maximum absolute atomic E-state index is 12.5. The van der Waals surface area contributed by atoms with Gasteiger partial charge in [-0.15, -0.1) is 0 Å². The van der Waals surface area contributed by atoms with E-state index in [0.717, 1.165) is 12.8 Å². The number of hydrogen-bond acceptors (Lipinski definition) is 3. The molecule has 1 saturated carbocycles. The molecule has 2 fully saturated rings. The molecule has 1 unspecified atom stereocenters. The fraction of sp³-hybridized carbons (Fsp3) is 0.786. The molecule has 2 aliphatic rings. The van der Waals surface area contributed by atoms with Gasteiger partial charge in [0.25, 0.3) is 0 Å². The summed E-state index contributed by atoms with van der Waals surface area (Å²) in [5.41, 5.74) is -0.468. The van der Waals surface area contributed by atoms with Crippen molar-refractivity contribution in [2.24, 2.45) is 17.3 Å². The standard InChI is InChI=1S/C14H22N2O4/c1-8(17)15-9-5-4-6-16(7-9)12(18)10-11(13(19)20)14(10,2)3/h9-11H,4-7H2,1-3H3,(H,15,17)(H,19,20)/t9?,10-,11+/m1/s1. The number of rotatable bonds is 3. The van der Waals surface area contributed by atoms with E-state index in [2.05, 4.69) is 5.32 Å². The van der Waals surface area contributed by atoms with Gasteiger partial charge in [-0.05, 0) is 18.3 Å². The fourth-order valence-corrected chi connectivity index (χ4v) is 3.34. The number of carboxylic acid groups (broad SMARTS) is 1. The molecule has 1 aliphatic carbocycles. The quantitative estimate of drug-likeness (QED) is 0.788. The number of amides is 2. The van der Waals surface area contributed by atoms with Crippen LogP contribution >= 0.6 is 0 Å². The van der Waals surface area contributed by atoms with Crippen molar-refractivity contribution in [1.29, 1.82) is 0 Å². The Kier molecular flexibility index (Phi) is 3.75. The van der Waals surface area contributed by atoms with E-state index in [-0.39, 0.29) is 17.9 Å². The van der Waals surface area contributed by atoms with E-state index in [1.165, 1.54) is 6.92 Å². The smallest absolute Gasteiger partial charge is 0.307 e. The number of carboxylic acids is 1. The predicted octanol–water partition coefficient (Wildman–Crippen LogP) is 0.470. The van der Waals surface area contributed by atoms with E-state index in [9.17, 15) is 14.4 Å². The van der Waals surface area contributed by atoms with Crippen LogP contribution in [0, 0.1) is 17.3 Å². The largest absolute Gasteiger partial charge is 0.481 e. The lowest BCUT2D eigenvalue weighted by Gasteiger charge is -2.33. The van der Waals surface area contributed by atoms with E-state index >= 15 is 0 Å². The molecule has 3 atom stereocenters. The van der Waals surface area contributed by atoms with Crippen LogP contribution in [0.15, 0.2) is 0 Å². The highest BCUT2D eigenvalue weighted by molar-refractivity contribution is 5.91. The van der Waals surface area contributed by atoms with Crippen molar-refractivity contribution in [1.82, 2.24) is 10.2 Å². The second-order valence-corrected chi connectivity index (χ2v) is 6.44. The lowest BCUT2D eigenvalue weighted by molar-refractivity contribution is -0.142.